The highest BCUT2D eigenvalue weighted by Crippen LogP contribution is 2.29. The van der Waals surface area contributed by atoms with E-state index in [0.29, 0.717) is 24.0 Å². The molecule has 4 heteroatoms. The zero-order chi connectivity index (χ0) is 18.2. The maximum atomic E-state index is 9.27. The van der Waals surface area contributed by atoms with Gasteiger partial charge in [0.25, 0.3) is 0 Å². The van der Waals surface area contributed by atoms with Gasteiger partial charge < -0.3 is 0 Å². The molecule has 0 aromatic carbocycles. The molecule has 24 heavy (non-hydrogen) atoms. The molecular formula is C20H26N4. The average Bonchev–Trinajstić information content (AvgIpc) is 2.61. The van der Waals surface area contributed by atoms with Crippen LogP contribution in [0.1, 0.15) is 78.1 Å². The SMILES string of the molecule is CCCCCCC(=C(C#N)C#N)C(CCCCCC)=C(C#N)C#N. The Hall–Kier alpha value is -2.56. The maximum Gasteiger partial charge on any atom is 0.133 e. The number of nitriles is 4. The fourth-order valence-electron chi connectivity index (χ4n) is 2.63. The number of rotatable bonds is 11. The van der Waals surface area contributed by atoms with Crippen LogP contribution in [0.25, 0.3) is 0 Å². The summed E-state index contributed by atoms with van der Waals surface area (Å²) in [5.41, 5.74) is 1.29. The summed E-state index contributed by atoms with van der Waals surface area (Å²) in [6, 6.07) is 7.77. The van der Waals surface area contributed by atoms with Crippen molar-refractivity contribution in [3.05, 3.63) is 22.3 Å². The highest BCUT2D eigenvalue weighted by molar-refractivity contribution is 5.55. The molecule has 0 rings (SSSR count). The van der Waals surface area contributed by atoms with Crippen LogP contribution in [0, 0.1) is 45.3 Å². The molecule has 0 aromatic heterocycles. The van der Waals surface area contributed by atoms with Gasteiger partial charge in [0.2, 0.25) is 0 Å². The summed E-state index contributed by atoms with van der Waals surface area (Å²) < 4.78 is 0. The van der Waals surface area contributed by atoms with Crippen LogP contribution in [-0.2, 0) is 0 Å². The van der Waals surface area contributed by atoms with Crippen molar-refractivity contribution in [3.63, 3.8) is 0 Å². The van der Waals surface area contributed by atoms with Gasteiger partial charge in [-0.05, 0) is 36.8 Å². The third-order valence-corrected chi connectivity index (χ3v) is 3.98. The largest absolute Gasteiger partial charge is 0.192 e. The second kappa shape index (κ2) is 14.1. The number of nitrogens with zero attached hydrogens (tertiary/aromatic N) is 4. The average molecular weight is 322 g/mol. The molecule has 0 radical (unpaired) electrons. The first-order chi connectivity index (χ1) is 11.7. The van der Waals surface area contributed by atoms with E-state index in [1.807, 2.05) is 24.3 Å². The van der Waals surface area contributed by atoms with Gasteiger partial charge in [-0.3, -0.25) is 0 Å². The molecule has 0 N–H and O–H groups in total. The molecule has 0 saturated heterocycles. The minimum atomic E-state index is 0.0417. The molecule has 0 fully saturated rings. The van der Waals surface area contributed by atoms with E-state index in [4.69, 9.17) is 0 Å². The van der Waals surface area contributed by atoms with E-state index in [2.05, 4.69) is 13.8 Å². The topological polar surface area (TPSA) is 95.2 Å². The number of hydrogen-bond acceptors (Lipinski definition) is 4. The maximum absolute atomic E-state index is 9.27. The van der Waals surface area contributed by atoms with Crippen LogP contribution in [0.3, 0.4) is 0 Å². The van der Waals surface area contributed by atoms with Crippen LogP contribution in [0.4, 0.5) is 0 Å². The number of allylic oxidation sites excluding steroid dienone is 4. The van der Waals surface area contributed by atoms with Gasteiger partial charge in [0.05, 0.1) is 0 Å². The predicted molar refractivity (Wildman–Crippen MR) is 94.0 cm³/mol. The van der Waals surface area contributed by atoms with E-state index in [9.17, 15) is 21.0 Å². The van der Waals surface area contributed by atoms with Crippen LogP contribution in [-0.4, -0.2) is 0 Å². The molecule has 0 spiro atoms. The second-order valence-electron chi connectivity index (χ2n) is 5.78. The van der Waals surface area contributed by atoms with Crippen molar-refractivity contribution in [2.75, 3.05) is 0 Å². The van der Waals surface area contributed by atoms with Gasteiger partial charge >= 0.3 is 0 Å². The molecule has 126 valence electrons. The first-order valence-corrected chi connectivity index (χ1v) is 8.77. The molecule has 0 bridgehead atoms. The molecule has 0 aliphatic rings. The first-order valence-electron chi connectivity index (χ1n) is 8.77. The third kappa shape index (κ3) is 7.63. The molecule has 0 unspecified atom stereocenters. The van der Waals surface area contributed by atoms with Gasteiger partial charge in [-0.1, -0.05) is 52.4 Å². The van der Waals surface area contributed by atoms with Gasteiger partial charge in [0.1, 0.15) is 35.4 Å². The lowest BCUT2D eigenvalue weighted by molar-refractivity contribution is 0.647. The first kappa shape index (κ1) is 21.4. The van der Waals surface area contributed by atoms with Gasteiger partial charge in [-0.25, -0.2) is 0 Å². The van der Waals surface area contributed by atoms with Crippen molar-refractivity contribution < 1.29 is 0 Å². The Morgan fingerprint density at radius 2 is 0.875 bits per heavy atom. The summed E-state index contributed by atoms with van der Waals surface area (Å²) >= 11 is 0. The summed E-state index contributed by atoms with van der Waals surface area (Å²) in [5.74, 6) is 0. The summed E-state index contributed by atoms with van der Waals surface area (Å²) in [5, 5.41) is 37.1. The lowest BCUT2D eigenvalue weighted by atomic mass is 9.88. The van der Waals surface area contributed by atoms with Gasteiger partial charge in [-0.15, -0.1) is 0 Å². The molecule has 4 nitrogen and oxygen atoms in total. The second-order valence-corrected chi connectivity index (χ2v) is 5.78. The van der Waals surface area contributed by atoms with Crippen molar-refractivity contribution in [1.29, 1.82) is 21.0 Å². The van der Waals surface area contributed by atoms with Crippen molar-refractivity contribution in [2.24, 2.45) is 0 Å². The smallest absolute Gasteiger partial charge is 0.133 e. The zero-order valence-corrected chi connectivity index (χ0v) is 14.9. The standard InChI is InChI=1S/C20H26N4/c1-3-5-7-9-11-19(17(13-21)14-22)20(18(15-23)16-24)12-10-8-6-4-2/h3-12H2,1-2H3. The molecule has 0 atom stereocenters. The predicted octanol–water partition coefficient (Wildman–Crippen LogP) is 5.61. The Morgan fingerprint density at radius 3 is 1.12 bits per heavy atom. The summed E-state index contributed by atoms with van der Waals surface area (Å²) in [4.78, 5) is 0. The molecule has 0 amide bonds. The van der Waals surface area contributed by atoms with E-state index in [-0.39, 0.29) is 11.1 Å². The van der Waals surface area contributed by atoms with Crippen molar-refractivity contribution in [1.82, 2.24) is 0 Å². The van der Waals surface area contributed by atoms with Crippen LogP contribution >= 0.6 is 0 Å². The van der Waals surface area contributed by atoms with Crippen molar-refractivity contribution in [3.8, 4) is 24.3 Å². The van der Waals surface area contributed by atoms with Crippen LogP contribution in [0.2, 0.25) is 0 Å². The lowest BCUT2D eigenvalue weighted by Crippen LogP contribution is -2.00. The van der Waals surface area contributed by atoms with E-state index in [1.54, 1.807) is 0 Å². The summed E-state index contributed by atoms with van der Waals surface area (Å²) in [6.07, 6.45) is 9.30. The monoisotopic (exact) mass is 322 g/mol. The Bertz CT molecular complexity index is 524. The highest BCUT2D eigenvalue weighted by Gasteiger charge is 2.16. The third-order valence-electron chi connectivity index (χ3n) is 3.98. The molecule has 0 aromatic rings. The molecule has 0 aliphatic heterocycles. The van der Waals surface area contributed by atoms with E-state index < -0.39 is 0 Å². The van der Waals surface area contributed by atoms with E-state index >= 15 is 0 Å². The van der Waals surface area contributed by atoms with Crippen molar-refractivity contribution >= 4 is 0 Å². The minimum Gasteiger partial charge on any atom is -0.192 e. The van der Waals surface area contributed by atoms with Crippen LogP contribution in [0.15, 0.2) is 22.3 Å². The Balaban J connectivity index is 5.60. The lowest BCUT2D eigenvalue weighted by Gasteiger charge is -2.13. The summed E-state index contributed by atoms with van der Waals surface area (Å²) in [6.45, 7) is 4.24. The number of hydrogen-bond donors (Lipinski definition) is 0. The fourth-order valence-corrected chi connectivity index (χ4v) is 2.63. The number of unbranched alkanes of at least 4 members (excludes halogenated alkanes) is 6. The zero-order valence-electron chi connectivity index (χ0n) is 14.9. The quantitative estimate of drug-likeness (QED) is 0.280. The normalized spacial score (nSPS) is 9.08. The van der Waals surface area contributed by atoms with E-state index in [1.165, 1.54) is 0 Å². The van der Waals surface area contributed by atoms with Gasteiger partial charge in [0.15, 0.2) is 0 Å². The van der Waals surface area contributed by atoms with Crippen LogP contribution < -0.4 is 0 Å². The van der Waals surface area contributed by atoms with Crippen LogP contribution in [0.5, 0.6) is 0 Å². The van der Waals surface area contributed by atoms with Crippen molar-refractivity contribution in [2.45, 2.75) is 78.1 Å². The molecule has 0 aliphatic carbocycles. The summed E-state index contributed by atoms with van der Waals surface area (Å²) in [7, 11) is 0. The Morgan fingerprint density at radius 1 is 0.542 bits per heavy atom. The Labute approximate surface area is 146 Å². The van der Waals surface area contributed by atoms with Gasteiger partial charge in [0, 0.05) is 0 Å². The minimum absolute atomic E-state index is 0.0417. The van der Waals surface area contributed by atoms with E-state index in [0.717, 1.165) is 51.4 Å². The Kier molecular flexibility index (Phi) is 12.6. The molecule has 0 heterocycles. The molecule has 0 saturated carbocycles. The van der Waals surface area contributed by atoms with Gasteiger partial charge in [-0.2, -0.15) is 21.0 Å². The highest BCUT2D eigenvalue weighted by atomic mass is 14.3. The fraction of sp³-hybridized carbons (Fsp3) is 0.600. The molecular weight excluding hydrogens is 296 g/mol.